The van der Waals surface area contributed by atoms with Crippen LogP contribution in [0.25, 0.3) is 0 Å². The van der Waals surface area contributed by atoms with E-state index in [0.29, 0.717) is 16.1 Å². The minimum Gasteiger partial charge on any atom is -0.457 e. The van der Waals surface area contributed by atoms with Gasteiger partial charge in [-0.3, -0.25) is 14.4 Å². The number of rotatable bonds is 7. The van der Waals surface area contributed by atoms with Gasteiger partial charge in [0.1, 0.15) is 11.1 Å². The number of fused-ring (bicyclic) bond motifs is 1. The second-order valence-electron chi connectivity index (χ2n) is 7.02. The largest absolute Gasteiger partial charge is 0.457 e. The fourth-order valence-corrected chi connectivity index (χ4v) is 4.81. The fourth-order valence-electron chi connectivity index (χ4n) is 3.29. The summed E-state index contributed by atoms with van der Waals surface area (Å²) in [6.45, 7) is -0.363. The van der Waals surface area contributed by atoms with Crippen molar-refractivity contribution in [2.24, 2.45) is 0 Å². The molecule has 6 nitrogen and oxygen atoms in total. The zero-order valence-corrected chi connectivity index (χ0v) is 18.7. The number of amides is 1. The monoisotopic (exact) mass is 488 g/mol. The number of thiophene rings is 1. The third-order valence-electron chi connectivity index (χ3n) is 4.87. The smallest absolute Gasteiger partial charge is 0.306 e. The highest BCUT2D eigenvalue weighted by Gasteiger charge is 2.21. The van der Waals surface area contributed by atoms with Crippen LogP contribution in [0.15, 0.2) is 28.7 Å². The maximum atomic E-state index is 12.3. The second-order valence-corrected chi connectivity index (χ2v) is 9.04. The summed E-state index contributed by atoms with van der Waals surface area (Å²) in [5.74, 6) is -1.27. The summed E-state index contributed by atoms with van der Waals surface area (Å²) in [4.78, 5) is 37.4. The summed E-state index contributed by atoms with van der Waals surface area (Å²) < 4.78 is 5.83. The molecule has 0 spiro atoms. The molecular weight excluding hydrogens is 468 g/mol. The van der Waals surface area contributed by atoms with Crippen LogP contribution in [0.3, 0.4) is 0 Å². The standard InChI is InChI=1S/C22H21BrN2O4S/c23-15-8-6-14(7-9-15)18(26)13-29-21(28)11-10-20(27)25-22-17(12-24)16-4-2-1-3-5-19(16)30-22/h6-9H,1-5,10-11,13H2,(H,25,27). The lowest BCUT2D eigenvalue weighted by molar-refractivity contribution is -0.143. The van der Waals surface area contributed by atoms with Gasteiger partial charge in [0.15, 0.2) is 12.4 Å². The van der Waals surface area contributed by atoms with Crippen LogP contribution in [0.1, 0.15) is 58.5 Å². The maximum Gasteiger partial charge on any atom is 0.306 e. The van der Waals surface area contributed by atoms with E-state index in [9.17, 15) is 19.6 Å². The van der Waals surface area contributed by atoms with Gasteiger partial charge in [-0.2, -0.15) is 5.26 Å². The fraction of sp³-hybridized carbons (Fsp3) is 0.364. The number of ether oxygens (including phenoxy) is 1. The molecule has 0 saturated carbocycles. The molecule has 156 valence electrons. The van der Waals surface area contributed by atoms with Crippen LogP contribution in [0, 0.1) is 11.3 Å². The van der Waals surface area contributed by atoms with Gasteiger partial charge in [-0.1, -0.05) is 34.5 Å². The lowest BCUT2D eigenvalue weighted by atomic mass is 10.1. The number of nitrogens with one attached hydrogen (secondary N) is 1. The van der Waals surface area contributed by atoms with Gasteiger partial charge < -0.3 is 10.1 Å². The predicted octanol–water partition coefficient (Wildman–Crippen LogP) is 4.80. The SMILES string of the molecule is N#Cc1c(NC(=O)CCC(=O)OCC(=O)c2ccc(Br)cc2)sc2c1CCCCC2. The van der Waals surface area contributed by atoms with E-state index >= 15 is 0 Å². The van der Waals surface area contributed by atoms with Gasteiger partial charge in [0.2, 0.25) is 5.91 Å². The Bertz CT molecular complexity index is 992. The quantitative estimate of drug-likeness (QED) is 0.343. The van der Waals surface area contributed by atoms with Crippen molar-refractivity contribution in [1.82, 2.24) is 0 Å². The number of aryl methyl sites for hydroxylation is 1. The molecule has 1 aromatic heterocycles. The number of Topliss-reactive ketones (excluding diaryl/α,β-unsaturated/α-hetero) is 1. The van der Waals surface area contributed by atoms with Crippen molar-refractivity contribution in [3.63, 3.8) is 0 Å². The topological polar surface area (TPSA) is 96.3 Å². The third-order valence-corrected chi connectivity index (χ3v) is 6.61. The zero-order valence-electron chi connectivity index (χ0n) is 16.3. The van der Waals surface area contributed by atoms with E-state index in [-0.39, 0.29) is 31.1 Å². The van der Waals surface area contributed by atoms with E-state index in [1.54, 1.807) is 24.3 Å². The first kappa shape index (κ1) is 22.2. The van der Waals surface area contributed by atoms with Gasteiger partial charge in [0.05, 0.1) is 12.0 Å². The molecule has 0 radical (unpaired) electrons. The Hall–Kier alpha value is -2.50. The Morgan fingerprint density at radius 1 is 1.10 bits per heavy atom. The van der Waals surface area contributed by atoms with Crippen molar-refractivity contribution < 1.29 is 19.1 Å². The van der Waals surface area contributed by atoms with E-state index in [0.717, 1.165) is 42.1 Å². The Morgan fingerprint density at radius 3 is 2.57 bits per heavy atom. The number of nitriles is 1. The van der Waals surface area contributed by atoms with Gasteiger partial charge in [0, 0.05) is 21.3 Å². The third kappa shape index (κ3) is 5.77. The Balaban J connectivity index is 1.48. The first-order valence-electron chi connectivity index (χ1n) is 9.77. The van der Waals surface area contributed by atoms with Crippen LogP contribution >= 0.6 is 27.3 Å². The molecule has 2 aromatic rings. The lowest BCUT2D eigenvalue weighted by Crippen LogP contribution is -2.17. The van der Waals surface area contributed by atoms with Gasteiger partial charge in [-0.05, 0) is 43.4 Å². The highest BCUT2D eigenvalue weighted by atomic mass is 79.9. The lowest BCUT2D eigenvalue weighted by Gasteiger charge is -2.06. The molecule has 1 amide bonds. The van der Waals surface area contributed by atoms with Gasteiger partial charge in [0.25, 0.3) is 0 Å². The minimum absolute atomic E-state index is 0.0707. The molecule has 0 saturated heterocycles. The molecule has 1 aromatic carbocycles. The summed E-state index contributed by atoms with van der Waals surface area (Å²) >= 11 is 4.75. The van der Waals surface area contributed by atoms with Gasteiger partial charge in [-0.15, -0.1) is 11.3 Å². The van der Waals surface area contributed by atoms with Crippen LogP contribution in [0.2, 0.25) is 0 Å². The van der Waals surface area contributed by atoms with Gasteiger partial charge >= 0.3 is 5.97 Å². The van der Waals surface area contributed by atoms with Crippen LogP contribution in [0.4, 0.5) is 5.00 Å². The van der Waals surface area contributed by atoms with E-state index in [1.165, 1.54) is 16.2 Å². The molecule has 30 heavy (non-hydrogen) atoms. The summed E-state index contributed by atoms with van der Waals surface area (Å²) in [5, 5.41) is 12.8. The molecule has 0 aliphatic heterocycles. The van der Waals surface area contributed by atoms with E-state index in [1.807, 2.05) is 0 Å². The summed E-state index contributed by atoms with van der Waals surface area (Å²) in [6, 6.07) is 8.97. The Morgan fingerprint density at radius 2 is 1.83 bits per heavy atom. The molecule has 0 atom stereocenters. The van der Waals surface area contributed by atoms with Crippen molar-refractivity contribution >= 4 is 49.9 Å². The van der Waals surface area contributed by atoms with Crippen LogP contribution < -0.4 is 5.32 Å². The number of hydrogen-bond acceptors (Lipinski definition) is 6. The second kappa shape index (κ2) is 10.5. The number of carbonyl (C=O) groups excluding carboxylic acids is 3. The maximum absolute atomic E-state index is 12.3. The molecule has 8 heteroatoms. The molecule has 1 aliphatic carbocycles. The van der Waals surface area contributed by atoms with Gasteiger partial charge in [-0.25, -0.2) is 0 Å². The van der Waals surface area contributed by atoms with Crippen LogP contribution in [-0.4, -0.2) is 24.3 Å². The van der Waals surface area contributed by atoms with Crippen LogP contribution in [-0.2, 0) is 27.2 Å². The Labute approximate surface area is 187 Å². The number of hydrogen-bond donors (Lipinski definition) is 1. The molecule has 1 aliphatic rings. The van der Waals surface area contributed by atoms with Crippen molar-refractivity contribution in [3.05, 3.63) is 50.3 Å². The van der Waals surface area contributed by atoms with Crippen molar-refractivity contribution in [2.75, 3.05) is 11.9 Å². The number of esters is 1. The summed E-state index contributed by atoms with van der Waals surface area (Å²) in [6.07, 6.45) is 4.89. The number of nitrogens with zero attached hydrogens (tertiary/aromatic N) is 1. The number of halogens is 1. The average molecular weight is 489 g/mol. The molecular formula is C22H21BrN2O4S. The van der Waals surface area contributed by atoms with Crippen molar-refractivity contribution in [1.29, 1.82) is 5.26 Å². The summed E-state index contributed by atoms with van der Waals surface area (Å²) in [7, 11) is 0. The number of benzene rings is 1. The van der Waals surface area contributed by atoms with Crippen molar-refractivity contribution in [2.45, 2.75) is 44.9 Å². The van der Waals surface area contributed by atoms with E-state index < -0.39 is 5.97 Å². The molecule has 1 N–H and O–H groups in total. The first-order valence-corrected chi connectivity index (χ1v) is 11.4. The van der Waals surface area contributed by atoms with Crippen LogP contribution in [0.5, 0.6) is 0 Å². The minimum atomic E-state index is -0.613. The highest BCUT2D eigenvalue weighted by molar-refractivity contribution is 9.10. The molecule has 0 bridgehead atoms. The molecule has 1 heterocycles. The molecule has 3 rings (SSSR count). The number of ketones is 1. The zero-order chi connectivity index (χ0) is 21.5. The Kier molecular flexibility index (Phi) is 7.77. The normalized spacial score (nSPS) is 12.9. The van der Waals surface area contributed by atoms with Crippen molar-refractivity contribution in [3.8, 4) is 6.07 Å². The average Bonchev–Trinajstić information content (AvgIpc) is 2.89. The number of carbonyl (C=O) groups is 3. The van der Waals surface area contributed by atoms with E-state index in [4.69, 9.17) is 4.74 Å². The first-order chi connectivity index (χ1) is 14.5. The van der Waals surface area contributed by atoms with E-state index in [2.05, 4.69) is 27.3 Å². The number of anilines is 1. The predicted molar refractivity (Wildman–Crippen MR) is 118 cm³/mol. The molecule has 0 fully saturated rings. The highest BCUT2D eigenvalue weighted by Crippen LogP contribution is 2.37. The molecule has 0 unspecified atom stereocenters. The summed E-state index contributed by atoms with van der Waals surface area (Å²) in [5.41, 5.74) is 2.05.